The van der Waals surface area contributed by atoms with E-state index in [2.05, 4.69) is 20.8 Å². The van der Waals surface area contributed by atoms with Crippen molar-refractivity contribution in [1.82, 2.24) is 0 Å². The third kappa shape index (κ3) is 2.95. The summed E-state index contributed by atoms with van der Waals surface area (Å²) in [5, 5.41) is 0. The number of Topliss-reactive ketones (excluding diaryl/α,β-unsaturated/α-hetero) is 3. The molecule has 36 heavy (non-hydrogen) atoms. The van der Waals surface area contributed by atoms with Gasteiger partial charge in [0.25, 0.3) is 0 Å². The molecule has 3 aromatic rings. The van der Waals surface area contributed by atoms with E-state index < -0.39 is 28.8 Å². The molecule has 3 aromatic carbocycles. The highest BCUT2D eigenvalue weighted by Gasteiger charge is 2.71. The predicted molar refractivity (Wildman–Crippen MR) is 144 cm³/mol. The Bertz CT molecular complexity index is 1430. The molecule has 0 unspecified atom stereocenters. The van der Waals surface area contributed by atoms with E-state index in [-0.39, 0.29) is 17.3 Å². The molecule has 3 aliphatic rings. The van der Waals surface area contributed by atoms with Crippen LogP contribution in [0.3, 0.4) is 0 Å². The van der Waals surface area contributed by atoms with Crippen molar-refractivity contribution in [2.24, 2.45) is 10.8 Å². The minimum absolute atomic E-state index is 0.0129. The van der Waals surface area contributed by atoms with E-state index in [1.165, 1.54) is 0 Å². The van der Waals surface area contributed by atoms with Crippen LogP contribution in [-0.2, 0) is 4.79 Å². The molecule has 1 saturated heterocycles. The van der Waals surface area contributed by atoms with Crippen molar-refractivity contribution in [2.45, 2.75) is 38.8 Å². The Morgan fingerprint density at radius 1 is 0.861 bits per heavy atom. The lowest BCUT2D eigenvalue weighted by Gasteiger charge is -2.38. The number of rotatable bonds is 2. The van der Waals surface area contributed by atoms with Crippen LogP contribution in [0, 0.1) is 10.8 Å². The summed E-state index contributed by atoms with van der Waals surface area (Å²) in [4.78, 5) is 45.3. The van der Waals surface area contributed by atoms with E-state index in [0.717, 1.165) is 21.3 Å². The van der Waals surface area contributed by atoms with E-state index in [9.17, 15) is 14.4 Å². The quantitative estimate of drug-likeness (QED) is 0.349. The van der Waals surface area contributed by atoms with E-state index in [4.69, 9.17) is 0 Å². The lowest BCUT2D eigenvalue weighted by Crippen LogP contribution is -2.49. The van der Waals surface area contributed by atoms with Crippen LogP contribution in [0.25, 0.3) is 6.08 Å². The zero-order valence-electron chi connectivity index (χ0n) is 20.4. The van der Waals surface area contributed by atoms with Crippen LogP contribution in [-0.4, -0.2) is 29.4 Å². The number of hydrogen-bond donors (Lipinski definition) is 0. The average molecular weight is 540 g/mol. The molecule has 0 N–H and O–H groups in total. The van der Waals surface area contributed by atoms with Gasteiger partial charge in [0.1, 0.15) is 5.41 Å². The van der Waals surface area contributed by atoms with Crippen LogP contribution in [0.5, 0.6) is 0 Å². The number of fused-ring (bicyclic) bond motifs is 5. The normalized spacial score (nSPS) is 23.6. The van der Waals surface area contributed by atoms with Gasteiger partial charge < -0.3 is 4.90 Å². The molecule has 2 heterocycles. The van der Waals surface area contributed by atoms with Gasteiger partial charge in [0.05, 0.1) is 12.1 Å². The van der Waals surface area contributed by atoms with Crippen LogP contribution in [0.15, 0.2) is 83.3 Å². The molecule has 4 nitrogen and oxygen atoms in total. The van der Waals surface area contributed by atoms with Crippen LogP contribution in [0.1, 0.15) is 58.5 Å². The second kappa shape index (κ2) is 7.84. The molecule has 0 saturated carbocycles. The summed E-state index contributed by atoms with van der Waals surface area (Å²) in [7, 11) is 0. The Morgan fingerprint density at radius 2 is 1.44 bits per heavy atom. The number of benzene rings is 3. The highest BCUT2D eigenvalue weighted by atomic mass is 79.9. The summed E-state index contributed by atoms with van der Waals surface area (Å²) in [6.07, 6.45) is 3.95. The first kappa shape index (κ1) is 23.1. The van der Waals surface area contributed by atoms with Gasteiger partial charge in [-0.3, -0.25) is 14.4 Å². The lowest BCUT2D eigenvalue weighted by atomic mass is 9.63. The minimum atomic E-state index is -1.44. The number of hydrogen-bond acceptors (Lipinski definition) is 4. The molecule has 6 rings (SSSR count). The van der Waals surface area contributed by atoms with Crippen LogP contribution < -0.4 is 4.90 Å². The number of ketones is 3. The summed E-state index contributed by atoms with van der Waals surface area (Å²) in [6, 6.07) is 21.4. The SMILES string of the molecule is CC(C)(C)C(=O)[C@H]1[C@H](c2ccc(Br)cc2)C2(C(=O)c3ccccc3C2=O)[C@@H]2C=Cc3ccccc3N21. The molecule has 1 aliphatic carbocycles. The maximum Gasteiger partial charge on any atom is 0.180 e. The van der Waals surface area contributed by atoms with Gasteiger partial charge in [0.2, 0.25) is 0 Å². The zero-order valence-corrected chi connectivity index (χ0v) is 22.0. The molecule has 0 amide bonds. The van der Waals surface area contributed by atoms with Crippen molar-refractivity contribution in [1.29, 1.82) is 0 Å². The second-order valence-corrected chi connectivity index (χ2v) is 11.8. The summed E-state index contributed by atoms with van der Waals surface area (Å²) >= 11 is 3.51. The summed E-state index contributed by atoms with van der Waals surface area (Å²) in [5.74, 6) is -1.02. The van der Waals surface area contributed by atoms with Gasteiger partial charge >= 0.3 is 0 Å². The lowest BCUT2D eigenvalue weighted by molar-refractivity contribution is -0.127. The predicted octanol–water partition coefficient (Wildman–Crippen LogP) is 6.50. The molecule has 0 aromatic heterocycles. The van der Waals surface area contributed by atoms with Gasteiger partial charge in [-0.2, -0.15) is 0 Å². The third-order valence-corrected chi connectivity index (χ3v) is 8.48. The highest BCUT2D eigenvalue weighted by Crippen LogP contribution is 2.61. The first-order valence-electron chi connectivity index (χ1n) is 12.2. The zero-order chi connectivity index (χ0) is 25.4. The van der Waals surface area contributed by atoms with Gasteiger partial charge in [0, 0.05) is 32.6 Å². The number of carbonyl (C=O) groups is 3. The summed E-state index contributed by atoms with van der Waals surface area (Å²) in [5.41, 5.74) is 1.44. The van der Waals surface area contributed by atoms with Crippen molar-refractivity contribution in [3.63, 3.8) is 0 Å². The first-order chi connectivity index (χ1) is 17.2. The van der Waals surface area contributed by atoms with Gasteiger partial charge in [-0.05, 0) is 29.3 Å². The van der Waals surface area contributed by atoms with Crippen LogP contribution >= 0.6 is 15.9 Å². The molecule has 1 spiro atoms. The van der Waals surface area contributed by atoms with E-state index in [0.29, 0.717) is 11.1 Å². The van der Waals surface area contributed by atoms with Crippen molar-refractivity contribution in [2.75, 3.05) is 4.90 Å². The molecule has 180 valence electrons. The minimum Gasteiger partial charge on any atom is -0.352 e. The van der Waals surface area contributed by atoms with Crippen molar-refractivity contribution in [3.8, 4) is 0 Å². The van der Waals surface area contributed by atoms with Crippen LogP contribution in [0.4, 0.5) is 5.69 Å². The largest absolute Gasteiger partial charge is 0.352 e. The first-order valence-corrected chi connectivity index (χ1v) is 13.0. The molecule has 0 bridgehead atoms. The Kier molecular flexibility index (Phi) is 5.03. The second-order valence-electron chi connectivity index (χ2n) is 10.9. The third-order valence-electron chi connectivity index (χ3n) is 7.95. The van der Waals surface area contributed by atoms with Crippen LogP contribution in [0.2, 0.25) is 0 Å². The Morgan fingerprint density at radius 3 is 2.06 bits per heavy atom. The average Bonchev–Trinajstić information content (AvgIpc) is 3.30. The van der Waals surface area contributed by atoms with Crippen molar-refractivity contribution in [3.05, 3.63) is 106 Å². The molecule has 3 atom stereocenters. The fraction of sp³-hybridized carbons (Fsp3) is 0.258. The van der Waals surface area contributed by atoms with E-state index in [1.807, 2.05) is 81.5 Å². The fourth-order valence-corrected chi connectivity index (χ4v) is 6.67. The van der Waals surface area contributed by atoms with E-state index >= 15 is 0 Å². The fourth-order valence-electron chi connectivity index (χ4n) is 6.40. The van der Waals surface area contributed by atoms with Gasteiger partial charge in [-0.1, -0.05) is 103 Å². The topological polar surface area (TPSA) is 54.5 Å². The molecular formula is C31H26BrNO3. The van der Waals surface area contributed by atoms with Gasteiger partial charge in [0.15, 0.2) is 17.3 Å². The maximum atomic E-state index is 14.5. The Labute approximate surface area is 219 Å². The molecule has 1 fully saturated rings. The Hall–Kier alpha value is -3.31. The number of carbonyl (C=O) groups excluding carboxylic acids is 3. The molecule has 0 radical (unpaired) electrons. The number of para-hydroxylation sites is 1. The molecular weight excluding hydrogens is 514 g/mol. The number of anilines is 1. The molecule has 2 aliphatic heterocycles. The maximum absolute atomic E-state index is 14.5. The number of nitrogens with zero attached hydrogens (tertiary/aromatic N) is 1. The summed E-state index contributed by atoms with van der Waals surface area (Å²) < 4.78 is 0.896. The van der Waals surface area contributed by atoms with Gasteiger partial charge in [-0.15, -0.1) is 0 Å². The monoisotopic (exact) mass is 539 g/mol. The van der Waals surface area contributed by atoms with Gasteiger partial charge in [-0.25, -0.2) is 0 Å². The standard InChI is InChI=1S/C31H26BrNO3/c1-30(2,3)29(36)26-25(19-12-15-20(32)16-13-19)31(27(34)21-9-5-6-10-22(21)28(31)35)24-17-14-18-8-4-7-11-23(18)33(24)26/h4-17,24-26H,1-3H3/t24-,25-,26+/m0/s1. The highest BCUT2D eigenvalue weighted by molar-refractivity contribution is 9.10. The molecule has 5 heteroatoms. The van der Waals surface area contributed by atoms with Crippen molar-refractivity contribution >= 4 is 45.0 Å². The smallest absolute Gasteiger partial charge is 0.180 e. The summed E-state index contributed by atoms with van der Waals surface area (Å²) in [6.45, 7) is 5.73. The number of halogens is 1. The Balaban J connectivity index is 1.70. The van der Waals surface area contributed by atoms with Crippen molar-refractivity contribution < 1.29 is 14.4 Å². The van der Waals surface area contributed by atoms with E-state index in [1.54, 1.807) is 24.3 Å².